The third kappa shape index (κ3) is 3.69. The fourth-order valence-electron chi connectivity index (χ4n) is 4.96. The molecule has 1 aliphatic heterocycles. The van der Waals surface area contributed by atoms with Crippen molar-refractivity contribution < 1.29 is 0 Å². The van der Waals surface area contributed by atoms with E-state index in [1.54, 1.807) is 0 Å². The highest BCUT2D eigenvalue weighted by atomic mass is 32.1. The fraction of sp³-hybridized carbons (Fsp3) is 0.214. The number of hydrogen-bond donors (Lipinski definition) is 1. The molecule has 5 nitrogen and oxygen atoms in total. The van der Waals surface area contributed by atoms with Crippen LogP contribution in [0.3, 0.4) is 0 Å². The van der Waals surface area contributed by atoms with Crippen LogP contribution in [-0.4, -0.2) is 37.3 Å². The van der Waals surface area contributed by atoms with Gasteiger partial charge in [-0.25, -0.2) is 4.68 Å². The van der Waals surface area contributed by atoms with Crippen molar-refractivity contribution in [3.8, 4) is 28.3 Å². The second kappa shape index (κ2) is 8.70. The lowest BCUT2D eigenvalue weighted by molar-refractivity contribution is 0.253. The lowest BCUT2D eigenvalue weighted by Gasteiger charge is -2.13. The Bertz CT molecular complexity index is 1510. The van der Waals surface area contributed by atoms with Crippen molar-refractivity contribution in [1.82, 2.24) is 24.2 Å². The molecule has 0 saturated carbocycles. The number of para-hydroxylation sites is 1. The van der Waals surface area contributed by atoms with Crippen LogP contribution in [0.2, 0.25) is 0 Å². The SMILES string of the molecule is Cc1ccc2[nH]c(-c3nn(CN4CCCC4)c(=S)n3-c3ccccc3)c(-c3ccccc3)c2c1. The molecule has 3 heterocycles. The van der Waals surface area contributed by atoms with E-state index < -0.39 is 0 Å². The lowest BCUT2D eigenvalue weighted by atomic mass is 10.0. The predicted octanol–water partition coefficient (Wildman–Crippen LogP) is 6.58. The summed E-state index contributed by atoms with van der Waals surface area (Å²) in [5.74, 6) is 0.836. The van der Waals surface area contributed by atoms with Crippen LogP contribution in [0.5, 0.6) is 0 Å². The monoisotopic (exact) mass is 465 g/mol. The molecular formula is C28H27N5S. The third-order valence-corrected chi connectivity index (χ3v) is 7.02. The number of likely N-dealkylation sites (tertiary alicyclic amines) is 1. The molecule has 3 aromatic carbocycles. The molecule has 34 heavy (non-hydrogen) atoms. The zero-order valence-corrected chi connectivity index (χ0v) is 20.1. The number of hydrogen-bond acceptors (Lipinski definition) is 3. The summed E-state index contributed by atoms with van der Waals surface area (Å²) in [5, 5.41) is 6.32. The minimum Gasteiger partial charge on any atom is -0.351 e. The van der Waals surface area contributed by atoms with Crippen molar-refractivity contribution in [1.29, 1.82) is 0 Å². The molecular weight excluding hydrogens is 438 g/mol. The maximum Gasteiger partial charge on any atom is 0.204 e. The number of aryl methyl sites for hydroxylation is 1. The van der Waals surface area contributed by atoms with Crippen LogP contribution in [0.4, 0.5) is 0 Å². The van der Waals surface area contributed by atoms with Crippen molar-refractivity contribution >= 4 is 23.1 Å². The molecule has 0 atom stereocenters. The van der Waals surface area contributed by atoms with Gasteiger partial charge in [0.2, 0.25) is 4.77 Å². The van der Waals surface area contributed by atoms with E-state index in [9.17, 15) is 0 Å². The Labute approximate surface area is 204 Å². The van der Waals surface area contributed by atoms with Crippen LogP contribution < -0.4 is 0 Å². The Hall–Kier alpha value is -3.48. The minimum atomic E-state index is 0.710. The molecule has 0 unspecified atom stereocenters. The summed E-state index contributed by atoms with van der Waals surface area (Å²) in [6.45, 7) is 5.04. The van der Waals surface area contributed by atoms with E-state index in [0.717, 1.165) is 46.9 Å². The number of nitrogens with one attached hydrogen (secondary N) is 1. The minimum absolute atomic E-state index is 0.710. The summed E-state index contributed by atoms with van der Waals surface area (Å²) in [4.78, 5) is 6.12. The van der Waals surface area contributed by atoms with E-state index in [-0.39, 0.29) is 0 Å². The molecule has 5 aromatic rings. The topological polar surface area (TPSA) is 41.8 Å². The number of aromatic amines is 1. The quantitative estimate of drug-likeness (QED) is 0.298. The van der Waals surface area contributed by atoms with Crippen molar-refractivity contribution in [3.63, 3.8) is 0 Å². The van der Waals surface area contributed by atoms with Crippen LogP contribution in [0, 0.1) is 11.7 Å². The number of benzene rings is 3. The molecule has 2 aromatic heterocycles. The molecule has 6 heteroatoms. The first-order chi connectivity index (χ1) is 16.7. The van der Waals surface area contributed by atoms with Crippen LogP contribution >= 0.6 is 12.2 Å². The van der Waals surface area contributed by atoms with Gasteiger partial charge in [0.15, 0.2) is 5.82 Å². The summed E-state index contributed by atoms with van der Waals surface area (Å²) in [5.41, 5.74) is 6.65. The van der Waals surface area contributed by atoms with Gasteiger partial charge in [0.05, 0.1) is 18.1 Å². The largest absolute Gasteiger partial charge is 0.351 e. The molecule has 0 bridgehead atoms. The second-order valence-electron chi connectivity index (χ2n) is 9.03. The number of aromatic nitrogens is 4. The van der Waals surface area contributed by atoms with Crippen molar-refractivity contribution in [3.05, 3.63) is 89.2 Å². The number of fused-ring (bicyclic) bond motifs is 1. The Kier molecular flexibility index (Phi) is 5.40. The van der Waals surface area contributed by atoms with Gasteiger partial charge >= 0.3 is 0 Å². The Morgan fingerprint density at radius 1 is 0.912 bits per heavy atom. The average molecular weight is 466 g/mol. The van der Waals surface area contributed by atoms with Gasteiger partial charge in [0.25, 0.3) is 0 Å². The maximum absolute atomic E-state index is 6.01. The molecule has 170 valence electrons. The molecule has 1 fully saturated rings. The van der Waals surface area contributed by atoms with E-state index in [4.69, 9.17) is 17.3 Å². The summed E-state index contributed by atoms with van der Waals surface area (Å²) in [7, 11) is 0. The first kappa shape index (κ1) is 21.1. The van der Waals surface area contributed by atoms with Crippen molar-refractivity contribution in [2.75, 3.05) is 13.1 Å². The molecule has 1 saturated heterocycles. The summed E-state index contributed by atoms with van der Waals surface area (Å²) >= 11 is 6.01. The number of H-pyrrole nitrogens is 1. The highest BCUT2D eigenvalue weighted by Gasteiger charge is 2.23. The van der Waals surface area contributed by atoms with Crippen molar-refractivity contribution in [2.45, 2.75) is 26.4 Å². The zero-order chi connectivity index (χ0) is 23.1. The molecule has 1 aliphatic rings. The second-order valence-corrected chi connectivity index (χ2v) is 9.40. The zero-order valence-electron chi connectivity index (χ0n) is 19.2. The predicted molar refractivity (Wildman–Crippen MR) is 141 cm³/mol. The molecule has 0 spiro atoms. The Balaban J connectivity index is 1.63. The third-order valence-electron chi connectivity index (χ3n) is 6.63. The van der Waals surface area contributed by atoms with E-state index in [1.807, 2.05) is 22.9 Å². The van der Waals surface area contributed by atoms with Gasteiger partial charge in [-0.2, -0.15) is 0 Å². The van der Waals surface area contributed by atoms with Crippen LogP contribution in [0.25, 0.3) is 39.2 Å². The standard InChI is InChI=1S/C28H27N5S/c1-20-14-15-24-23(18-20)25(21-10-4-2-5-11-21)26(29-24)27-30-32(19-31-16-8-9-17-31)28(34)33(27)22-12-6-3-7-13-22/h2-7,10-15,18,29H,8-9,16-17,19H2,1H3. The normalized spacial score (nSPS) is 14.3. The summed E-state index contributed by atoms with van der Waals surface area (Å²) in [6.07, 6.45) is 2.47. The molecule has 0 aliphatic carbocycles. The summed E-state index contributed by atoms with van der Waals surface area (Å²) < 4.78 is 4.80. The van der Waals surface area contributed by atoms with Gasteiger partial charge < -0.3 is 4.98 Å². The molecule has 0 amide bonds. The summed E-state index contributed by atoms with van der Waals surface area (Å²) in [6, 6.07) is 27.4. The van der Waals surface area contributed by atoms with Crippen LogP contribution in [0.15, 0.2) is 78.9 Å². The Morgan fingerprint density at radius 3 is 2.35 bits per heavy atom. The highest BCUT2D eigenvalue weighted by molar-refractivity contribution is 7.71. The number of rotatable bonds is 5. The number of nitrogens with zero attached hydrogens (tertiary/aromatic N) is 4. The van der Waals surface area contributed by atoms with Gasteiger partial charge in [0.1, 0.15) is 0 Å². The Morgan fingerprint density at radius 2 is 1.62 bits per heavy atom. The van der Waals surface area contributed by atoms with E-state index in [0.29, 0.717) is 11.4 Å². The van der Waals surface area contributed by atoms with Gasteiger partial charge in [-0.15, -0.1) is 5.10 Å². The van der Waals surface area contributed by atoms with Gasteiger partial charge in [0, 0.05) is 16.5 Å². The molecule has 1 N–H and O–H groups in total. The van der Waals surface area contributed by atoms with Crippen LogP contribution in [-0.2, 0) is 6.67 Å². The van der Waals surface area contributed by atoms with E-state index in [1.165, 1.54) is 23.8 Å². The van der Waals surface area contributed by atoms with Gasteiger partial charge in [-0.3, -0.25) is 9.47 Å². The lowest BCUT2D eigenvalue weighted by Crippen LogP contribution is -2.23. The molecule has 6 rings (SSSR count). The van der Waals surface area contributed by atoms with E-state index >= 15 is 0 Å². The highest BCUT2D eigenvalue weighted by Crippen LogP contribution is 2.39. The van der Waals surface area contributed by atoms with Gasteiger partial charge in [-0.1, -0.05) is 60.2 Å². The van der Waals surface area contributed by atoms with Crippen molar-refractivity contribution in [2.24, 2.45) is 0 Å². The molecule has 0 radical (unpaired) electrons. The first-order valence-corrected chi connectivity index (χ1v) is 12.3. The first-order valence-electron chi connectivity index (χ1n) is 11.8. The van der Waals surface area contributed by atoms with Crippen LogP contribution in [0.1, 0.15) is 18.4 Å². The fourth-order valence-corrected chi connectivity index (χ4v) is 5.25. The van der Waals surface area contributed by atoms with E-state index in [2.05, 4.69) is 82.0 Å². The smallest absolute Gasteiger partial charge is 0.204 e. The maximum atomic E-state index is 6.01. The van der Waals surface area contributed by atoms with Gasteiger partial charge in [-0.05, 0) is 74.9 Å². The average Bonchev–Trinajstić information content (AvgIpc) is 3.58.